The molecule has 96 valence electrons. The number of benzene rings is 1. The molecule has 1 aromatic heterocycles. The zero-order valence-electron chi connectivity index (χ0n) is 11.5. The number of nitrogens with two attached hydrogens (primary N) is 1. The van der Waals surface area contributed by atoms with Crippen molar-refractivity contribution in [2.24, 2.45) is 5.73 Å². The number of hydrogen-bond donors (Lipinski definition) is 1. The fourth-order valence-electron chi connectivity index (χ4n) is 2.00. The van der Waals surface area contributed by atoms with E-state index in [9.17, 15) is 0 Å². The molecule has 0 unspecified atom stereocenters. The summed E-state index contributed by atoms with van der Waals surface area (Å²) in [4.78, 5) is 2.73. The van der Waals surface area contributed by atoms with Crippen LogP contribution in [0, 0.1) is 0 Å². The van der Waals surface area contributed by atoms with Crippen molar-refractivity contribution >= 4 is 11.3 Å². The lowest BCUT2D eigenvalue weighted by Gasteiger charge is -2.15. The maximum atomic E-state index is 6.05. The zero-order chi connectivity index (χ0) is 13.3. The van der Waals surface area contributed by atoms with E-state index in [4.69, 9.17) is 5.73 Å². The molecule has 2 rings (SSSR count). The molecule has 0 saturated carbocycles. The second kappa shape index (κ2) is 4.87. The van der Waals surface area contributed by atoms with Crippen LogP contribution in [-0.2, 0) is 5.41 Å². The quantitative estimate of drug-likeness (QED) is 0.828. The predicted molar refractivity (Wildman–Crippen MR) is 81.1 cm³/mol. The molecule has 0 aliphatic carbocycles. The molecule has 0 amide bonds. The van der Waals surface area contributed by atoms with Gasteiger partial charge in [-0.15, -0.1) is 11.3 Å². The van der Waals surface area contributed by atoms with Crippen molar-refractivity contribution in [3.63, 3.8) is 0 Å². The average Bonchev–Trinajstić information content (AvgIpc) is 2.77. The minimum Gasteiger partial charge on any atom is -0.324 e. The van der Waals surface area contributed by atoms with E-state index in [1.165, 1.54) is 20.9 Å². The van der Waals surface area contributed by atoms with Crippen LogP contribution in [0.1, 0.15) is 44.2 Å². The molecular formula is C16H21NS. The van der Waals surface area contributed by atoms with Gasteiger partial charge in [-0.2, -0.15) is 0 Å². The van der Waals surface area contributed by atoms with E-state index in [0.717, 1.165) is 0 Å². The second-order valence-electron chi connectivity index (χ2n) is 5.79. The molecule has 0 aliphatic heterocycles. The van der Waals surface area contributed by atoms with Crippen molar-refractivity contribution in [3.05, 3.63) is 46.8 Å². The maximum absolute atomic E-state index is 6.05. The Kier molecular flexibility index (Phi) is 3.60. The van der Waals surface area contributed by atoms with Crippen molar-refractivity contribution in [2.75, 3.05) is 0 Å². The molecule has 0 aliphatic rings. The number of rotatable bonds is 2. The summed E-state index contributed by atoms with van der Waals surface area (Å²) in [7, 11) is 0. The first-order chi connectivity index (χ1) is 8.39. The van der Waals surface area contributed by atoms with Crippen LogP contribution in [0.5, 0.6) is 0 Å². The van der Waals surface area contributed by atoms with Gasteiger partial charge in [0.2, 0.25) is 0 Å². The van der Waals surface area contributed by atoms with Crippen LogP contribution in [0.2, 0.25) is 0 Å². The zero-order valence-corrected chi connectivity index (χ0v) is 12.3. The van der Waals surface area contributed by atoms with E-state index >= 15 is 0 Å². The largest absolute Gasteiger partial charge is 0.324 e. The van der Waals surface area contributed by atoms with Crippen molar-refractivity contribution in [3.8, 4) is 10.4 Å². The van der Waals surface area contributed by atoms with Crippen molar-refractivity contribution < 1.29 is 0 Å². The lowest BCUT2D eigenvalue weighted by atomic mass is 9.95. The Balaban J connectivity index is 2.47. The van der Waals surface area contributed by atoms with Gasteiger partial charge in [0.15, 0.2) is 0 Å². The SMILES string of the molecule is C[C@H](N)c1ccccc1-c1ccc(C(C)(C)C)s1. The molecule has 0 fully saturated rings. The Hall–Kier alpha value is -1.12. The van der Waals surface area contributed by atoms with E-state index < -0.39 is 0 Å². The summed E-state index contributed by atoms with van der Waals surface area (Å²) < 4.78 is 0. The molecule has 0 saturated heterocycles. The van der Waals surface area contributed by atoms with E-state index in [1.807, 2.05) is 18.3 Å². The summed E-state index contributed by atoms with van der Waals surface area (Å²) in [6, 6.07) is 12.9. The molecule has 2 heteroatoms. The van der Waals surface area contributed by atoms with Crippen LogP contribution < -0.4 is 5.73 Å². The molecule has 0 spiro atoms. The molecule has 1 nitrogen and oxygen atoms in total. The Morgan fingerprint density at radius 1 is 1.06 bits per heavy atom. The highest BCUT2D eigenvalue weighted by Gasteiger charge is 2.17. The summed E-state index contributed by atoms with van der Waals surface area (Å²) in [6.45, 7) is 8.79. The summed E-state index contributed by atoms with van der Waals surface area (Å²) in [6.07, 6.45) is 0. The van der Waals surface area contributed by atoms with Crippen LogP contribution in [-0.4, -0.2) is 0 Å². The van der Waals surface area contributed by atoms with Crippen LogP contribution in [0.25, 0.3) is 10.4 Å². The number of thiophene rings is 1. The van der Waals surface area contributed by atoms with Gasteiger partial charge < -0.3 is 5.73 Å². The highest BCUT2D eigenvalue weighted by atomic mass is 32.1. The minimum absolute atomic E-state index is 0.0707. The van der Waals surface area contributed by atoms with Crippen LogP contribution in [0.15, 0.2) is 36.4 Å². The van der Waals surface area contributed by atoms with E-state index in [0.29, 0.717) is 0 Å². The monoisotopic (exact) mass is 259 g/mol. The maximum Gasteiger partial charge on any atom is 0.0349 e. The topological polar surface area (TPSA) is 26.0 Å². The molecule has 1 aromatic carbocycles. The second-order valence-corrected chi connectivity index (χ2v) is 6.87. The fraction of sp³-hybridized carbons (Fsp3) is 0.375. The average molecular weight is 259 g/mol. The van der Waals surface area contributed by atoms with E-state index in [-0.39, 0.29) is 11.5 Å². The summed E-state index contributed by atoms with van der Waals surface area (Å²) >= 11 is 1.87. The van der Waals surface area contributed by atoms with Gasteiger partial charge in [-0.05, 0) is 35.6 Å². The van der Waals surface area contributed by atoms with Crippen molar-refractivity contribution in [1.29, 1.82) is 0 Å². The molecular weight excluding hydrogens is 238 g/mol. The lowest BCUT2D eigenvalue weighted by Crippen LogP contribution is -2.07. The molecule has 1 heterocycles. The lowest BCUT2D eigenvalue weighted by molar-refractivity contribution is 0.604. The highest BCUT2D eigenvalue weighted by Crippen LogP contribution is 2.37. The number of hydrogen-bond acceptors (Lipinski definition) is 2. The minimum atomic E-state index is 0.0707. The summed E-state index contributed by atoms with van der Waals surface area (Å²) in [5.41, 5.74) is 8.76. The Bertz CT molecular complexity index is 532. The molecule has 1 atom stereocenters. The third-order valence-corrected chi connectivity index (χ3v) is 4.61. The van der Waals surface area contributed by atoms with Gasteiger partial charge >= 0.3 is 0 Å². The van der Waals surface area contributed by atoms with Gasteiger partial charge in [0, 0.05) is 15.8 Å². The first kappa shape index (κ1) is 13.3. The highest BCUT2D eigenvalue weighted by molar-refractivity contribution is 7.15. The Labute approximate surface area is 114 Å². The van der Waals surface area contributed by atoms with Gasteiger partial charge in [-0.3, -0.25) is 0 Å². The fourth-order valence-corrected chi connectivity index (χ4v) is 3.12. The predicted octanol–water partition coefficient (Wildman–Crippen LogP) is 4.73. The van der Waals surface area contributed by atoms with Crippen LogP contribution >= 0.6 is 11.3 Å². The van der Waals surface area contributed by atoms with E-state index in [1.54, 1.807) is 0 Å². The van der Waals surface area contributed by atoms with Gasteiger partial charge in [-0.1, -0.05) is 45.0 Å². The van der Waals surface area contributed by atoms with E-state index in [2.05, 4.69) is 57.2 Å². The Morgan fingerprint density at radius 3 is 2.28 bits per heavy atom. The van der Waals surface area contributed by atoms with Gasteiger partial charge in [0.25, 0.3) is 0 Å². The van der Waals surface area contributed by atoms with Crippen LogP contribution in [0.3, 0.4) is 0 Å². The van der Waals surface area contributed by atoms with Crippen molar-refractivity contribution in [1.82, 2.24) is 0 Å². The third-order valence-electron chi connectivity index (χ3n) is 3.06. The van der Waals surface area contributed by atoms with Gasteiger partial charge in [0.05, 0.1) is 0 Å². The Morgan fingerprint density at radius 2 is 1.72 bits per heavy atom. The molecule has 2 aromatic rings. The molecule has 18 heavy (non-hydrogen) atoms. The van der Waals surface area contributed by atoms with Gasteiger partial charge in [0.1, 0.15) is 0 Å². The smallest absolute Gasteiger partial charge is 0.0349 e. The summed E-state index contributed by atoms with van der Waals surface area (Å²) in [5, 5.41) is 0. The first-order valence-electron chi connectivity index (χ1n) is 6.35. The summed E-state index contributed by atoms with van der Waals surface area (Å²) in [5.74, 6) is 0. The standard InChI is InChI=1S/C16H21NS/c1-11(17)12-7-5-6-8-13(12)14-9-10-15(18-14)16(2,3)4/h5-11H,17H2,1-4H3/t11-/m0/s1. The molecule has 2 N–H and O–H groups in total. The third kappa shape index (κ3) is 2.65. The molecule has 0 radical (unpaired) electrons. The van der Waals surface area contributed by atoms with Crippen LogP contribution in [0.4, 0.5) is 0 Å². The normalized spacial score (nSPS) is 13.6. The van der Waals surface area contributed by atoms with Gasteiger partial charge in [-0.25, -0.2) is 0 Å². The van der Waals surface area contributed by atoms with Crippen molar-refractivity contribution in [2.45, 2.75) is 39.2 Å². The molecule has 0 bridgehead atoms. The first-order valence-corrected chi connectivity index (χ1v) is 7.16.